The molecule has 1 fully saturated rings. The molecule has 2 aromatic carbocycles. The van der Waals surface area contributed by atoms with Gasteiger partial charge in [-0.1, -0.05) is 29.8 Å². The summed E-state index contributed by atoms with van der Waals surface area (Å²) in [7, 11) is -3.46. The average Bonchev–Trinajstić information content (AvgIpc) is 2.93. The van der Waals surface area contributed by atoms with Gasteiger partial charge in [-0.25, -0.2) is 8.42 Å². The van der Waals surface area contributed by atoms with Gasteiger partial charge in [0, 0.05) is 36.4 Å². The quantitative estimate of drug-likeness (QED) is 0.838. The van der Waals surface area contributed by atoms with Crippen molar-refractivity contribution in [2.75, 3.05) is 24.5 Å². The number of benzene rings is 2. The molecule has 1 unspecified atom stereocenters. The lowest BCUT2D eigenvalue weighted by Gasteiger charge is -2.38. The second-order valence-electron chi connectivity index (χ2n) is 6.00. The van der Waals surface area contributed by atoms with E-state index in [-0.39, 0.29) is 6.04 Å². The molecule has 1 saturated heterocycles. The highest BCUT2D eigenvalue weighted by Gasteiger charge is 2.38. The Bertz CT molecular complexity index is 836. The number of halogens is 1. The molecule has 23 heavy (non-hydrogen) atoms. The van der Waals surface area contributed by atoms with Crippen molar-refractivity contribution < 1.29 is 8.42 Å². The Labute approximate surface area is 141 Å². The predicted molar refractivity (Wildman–Crippen MR) is 91.5 cm³/mol. The Morgan fingerprint density at radius 3 is 2.52 bits per heavy atom. The van der Waals surface area contributed by atoms with Crippen LogP contribution in [0.2, 0.25) is 5.02 Å². The maximum atomic E-state index is 12.8. The lowest BCUT2D eigenvalue weighted by Crippen LogP contribution is -2.53. The van der Waals surface area contributed by atoms with Gasteiger partial charge in [0.05, 0.1) is 4.90 Å². The first-order chi connectivity index (χ1) is 11.1. The van der Waals surface area contributed by atoms with Crippen LogP contribution in [-0.4, -0.2) is 38.4 Å². The summed E-state index contributed by atoms with van der Waals surface area (Å²) in [6, 6.07) is 15.0. The molecule has 4 rings (SSSR count). The number of rotatable bonds is 2. The van der Waals surface area contributed by atoms with E-state index in [0.717, 1.165) is 13.0 Å². The maximum absolute atomic E-state index is 12.8. The Balaban J connectivity index is 1.59. The average molecular weight is 349 g/mol. The van der Waals surface area contributed by atoms with Gasteiger partial charge in [0.15, 0.2) is 0 Å². The highest BCUT2D eigenvalue weighted by atomic mass is 35.5. The highest BCUT2D eigenvalue weighted by molar-refractivity contribution is 7.89. The first-order valence-electron chi connectivity index (χ1n) is 7.66. The number of piperazine rings is 1. The molecule has 2 aromatic rings. The number of anilines is 1. The van der Waals surface area contributed by atoms with E-state index in [9.17, 15) is 8.42 Å². The van der Waals surface area contributed by atoms with Gasteiger partial charge in [0.25, 0.3) is 0 Å². The second kappa shape index (κ2) is 5.51. The third-order valence-electron chi connectivity index (χ3n) is 4.65. The monoisotopic (exact) mass is 348 g/mol. The first kappa shape index (κ1) is 15.0. The van der Waals surface area contributed by atoms with Crippen molar-refractivity contribution in [3.05, 3.63) is 59.1 Å². The summed E-state index contributed by atoms with van der Waals surface area (Å²) < 4.78 is 27.2. The van der Waals surface area contributed by atoms with Gasteiger partial charge in [-0.3, -0.25) is 0 Å². The zero-order valence-electron chi connectivity index (χ0n) is 12.5. The Hall–Kier alpha value is -1.56. The smallest absolute Gasteiger partial charge is 0.243 e. The van der Waals surface area contributed by atoms with E-state index in [4.69, 9.17) is 11.6 Å². The van der Waals surface area contributed by atoms with Gasteiger partial charge in [0.2, 0.25) is 10.0 Å². The molecule has 0 spiro atoms. The van der Waals surface area contributed by atoms with Crippen LogP contribution >= 0.6 is 11.6 Å². The Morgan fingerprint density at radius 1 is 1.00 bits per heavy atom. The standard InChI is InChI=1S/C17H17ClN2O2S/c18-14-5-7-16(8-6-14)23(21,22)19-9-10-20-15(12-19)11-13-3-1-2-4-17(13)20/h1-8,15H,9-12H2. The van der Waals surface area contributed by atoms with Gasteiger partial charge in [-0.15, -0.1) is 0 Å². The summed E-state index contributed by atoms with van der Waals surface area (Å²) in [5.74, 6) is 0. The van der Waals surface area contributed by atoms with Gasteiger partial charge >= 0.3 is 0 Å². The summed E-state index contributed by atoms with van der Waals surface area (Å²) in [4.78, 5) is 2.65. The Kier molecular flexibility index (Phi) is 3.59. The topological polar surface area (TPSA) is 40.6 Å². The molecule has 2 aliphatic rings. The number of para-hydroxylation sites is 1. The van der Waals surface area contributed by atoms with E-state index >= 15 is 0 Å². The second-order valence-corrected chi connectivity index (χ2v) is 8.37. The summed E-state index contributed by atoms with van der Waals surface area (Å²) in [6.07, 6.45) is 0.906. The van der Waals surface area contributed by atoms with Crippen molar-refractivity contribution in [2.24, 2.45) is 0 Å². The van der Waals surface area contributed by atoms with Crippen LogP contribution in [0.25, 0.3) is 0 Å². The highest BCUT2D eigenvalue weighted by Crippen LogP contribution is 2.35. The molecule has 0 aliphatic carbocycles. The normalized spacial score (nSPS) is 21.1. The minimum Gasteiger partial charge on any atom is -0.365 e. The van der Waals surface area contributed by atoms with Crippen molar-refractivity contribution in [2.45, 2.75) is 17.4 Å². The molecule has 6 heteroatoms. The van der Waals surface area contributed by atoms with Crippen LogP contribution in [0.1, 0.15) is 5.56 Å². The molecule has 0 aromatic heterocycles. The zero-order valence-corrected chi connectivity index (χ0v) is 14.1. The van der Waals surface area contributed by atoms with Crippen molar-refractivity contribution >= 4 is 27.3 Å². The molecule has 0 bridgehead atoms. The number of nitrogens with zero attached hydrogens (tertiary/aromatic N) is 2. The summed E-state index contributed by atoms with van der Waals surface area (Å²) in [5.41, 5.74) is 2.56. The van der Waals surface area contributed by atoms with Crippen LogP contribution in [0.15, 0.2) is 53.4 Å². The van der Waals surface area contributed by atoms with E-state index < -0.39 is 10.0 Å². The molecular weight excluding hydrogens is 332 g/mol. The van der Waals surface area contributed by atoms with Crippen molar-refractivity contribution in [3.63, 3.8) is 0 Å². The van der Waals surface area contributed by atoms with Crippen LogP contribution < -0.4 is 4.90 Å². The largest absolute Gasteiger partial charge is 0.365 e. The van der Waals surface area contributed by atoms with Crippen LogP contribution in [0.3, 0.4) is 0 Å². The van der Waals surface area contributed by atoms with Crippen molar-refractivity contribution in [3.8, 4) is 0 Å². The fourth-order valence-electron chi connectivity index (χ4n) is 3.51. The van der Waals surface area contributed by atoms with Crippen molar-refractivity contribution in [1.29, 1.82) is 0 Å². The van der Waals surface area contributed by atoms with Crippen LogP contribution in [0.5, 0.6) is 0 Å². The zero-order chi connectivity index (χ0) is 16.0. The molecule has 2 heterocycles. The molecule has 1 atom stereocenters. The van der Waals surface area contributed by atoms with E-state index in [1.807, 2.05) is 12.1 Å². The molecule has 2 aliphatic heterocycles. The number of sulfonamides is 1. The first-order valence-corrected chi connectivity index (χ1v) is 9.48. The van der Waals surface area contributed by atoms with E-state index in [2.05, 4.69) is 17.0 Å². The molecule has 4 nitrogen and oxygen atoms in total. The molecule has 0 amide bonds. The van der Waals surface area contributed by atoms with E-state index in [1.165, 1.54) is 11.3 Å². The minimum atomic E-state index is -3.46. The minimum absolute atomic E-state index is 0.225. The van der Waals surface area contributed by atoms with Gasteiger partial charge in [-0.05, 0) is 42.3 Å². The van der Waals surface area contributed by atoms with Gasteiger partial charge in [0.1, 0.15) is 0 Å². The molecular formula is C17H17ClN2O2S. The Morgan fingerprint density at radius 2 is 1.74 bits per heavy atom. The summed E-state index contributed by atoms with van der Waals surface area (Å²) in [5, 5.41) is 0.542. The van der Waals surface area contributed by atoms with E-state index in [0.29, 0.717) is 23.0 Å². The summed E-state index contributed by atoms with van der Waals surface area (Å²) in [6.45, 7) is 1.77. The van der Waals surface area contributed by atoms with E-state index in [1.54, 1.807) is 28.6 Å². The lowest BCUT2D eigenvalue weighted by atomic mass is 10.1. The third kappa shape index (κ3) is 2.53. The molecule has 120 valence electrons. The third-order valence-corrected chi connectivity index (χ3v) is 6.78. The summed E-state index contributed by atoms with van der Waals surface area (Å²) >= 11 is 5.86. The number of fused-ring (bicyclic) bond motifs is 3. The van der Waals surface area contributed by atoms with Crippen LogP contribution in [0, 0.1) is 0 Å². The maximum Gasteiger partial charge on any atom is 0.243 e. The van der Waals surface area contributed by atoms with Gasteiger partial charge in [-0.2, -0.15) is 4.31 Å². The fraction of sp³-hybridized carbons (Fsp3) is 0.294. The van der Waals surface area contributed by atoms with Crippen LogP contribution in [-0.2, 0) is 16.4 Å². The number of hydrogen-bond donors (Lipinski definition) is 0. The molecule has 0 saturated carbocycles. The predicted octanol–water partition coefficient (Wildman–Crippen LogP) is 2.78. The van der Waals surface area contributed by atoms with Crippen molar-refractivity contribution in [1.82, 2.24) is 4.31 Å². The lowest BCUT2D eigenvalue weighted by molar-refractivity contribution is 0.340. The van der Waals surface area contributed by atoms with Crippen LogP contribution in [0.4, 0.5) is 5.69 Å². The van der Waals surface area contributed by atoms with Gasteiger partial charge < -0.3 is 4.90 Å². The molecule has 0 N–H and O–H groups in total. The molecule has 0 radical (unpaired) electrons. The number of hydrogen-bond acceptors (Lipinski definition) is 3. The fourth-order valence-corrected chi connectivity index (χ4v) is 5.10. The SMILES string of the molecule is O=S(=O)(c1ccc(Cl)cc1)N1CCN2c3ccccc3CC2C1.